The van der Waals surface area contributed by atoms with Crippen molar-refractivity contribution in [3.63, 3.8) is 0 Å². The summed E-state index contributed by atoms with van der Waals surface area (Å²) in [4.78, 5) is 0. The molecular formula is C15H17BrN2OS. The van der Waals surface area contributed by atoms with Gasteiger partial charge in [-0.25, -0.2) is 0 Å². The second kappa shape index (κ2) is 6.76. The van der Waals surface area contributed by atoms with Crippen LogP contribution in [0.15, 0.2) is 38.4 Å². The van der Waals surface area contributed by atoms with E-state index in [0.29, 0.717) is 11.1 Å². The molecule has 0 spiro atoms. The van der Waals surface area contributed by atoms with E-state index in [1.807, 2.05) is 12.1 Å². The molecule has 0 radical (unpaired) electrons. The number of hydrogen-bond donors (Lipinski definition) is 0. The number of rotatable bonds is 4. The zero-order valence-corrected chi connectivity index (χ0v) is 13.6. The minimum Gasteiger partial charge on any atom is -0.416 e. The molecule has 1 saturated carbocycles. The van der Waals surface area contributed by atoms with Gasteiger partial charge in [-0.2, -0.15) is 0 Å². The number of halogens is 1. The summed E-state index contributed by atoms with van der Waals surface area (Å²) in [5.41, 5.74) is 1.25. The van der Waals surface area contributed by atoms with Gasteiger partial charge in [-0.3, -0.25) is 0 Å². The second-order valence-electron chi connectivity index (χ2n) is 5.12. The lowest BCUT2D eigenvalue weighted by Crippen LogP contribution is -2.04. The average molecular weight is 353 g/mol. The van der Waals surface area contributed by atoms with Gasteiger partial charge in [0.1, 0.15) is 0 Å². The third-order valence-corrected chi connectivity index (χ3v) is 5.33. The van der Waals surface area contributed by atoms with E-state index in [1.165, 1.54) is 37.7 Å². The first-order chi connectivity index (χ1) is 9.83. The summed E-state index contributed by atoms with van der Waals surface area (Å²) in [5, 5.41) is 9.07. The molecule has 0 bridgehead atoms. The van der Waals surface area contributed by atoms with Gasteiger partial charge in [-0.05, 0) is 24.5 Å². The van der Waals surface area contributed by atoms with Crippen LogP contribution >= 0.6 is 27.7 Å². The van der Waals surface area contributed by atoms with Crippen LogP contribution in [-0.2, 0) is 5.75 Å². The second-order valence-corrected chi connectivity index (χ2v) is 6.90. The molecule has 0 N–H and O–H groups in total. The maximum atomic E-state index is 5.81. The van der Waals surface area contributed by atoms with Crippen molar-refractivity contribution >= 4 is 27.7 Å². The van der Waals surface area contributed by atoms with Crippen LogP contribution in [0.5, 0.6) is 0 Å². The molecule has 1 aromatic heterocycles. The van der Waals surface area contributed by atoms with E-state index >= 15 is 0 Å². The van der Waals surface area contributed by atoms with E-state index in [9.17, 15) is 0 Å². The summed E-state index contributed by atoms with van der Waals surface area (Å²) >= 11 is 5.16. The Morgan fingerprint density at radius 3 is 2.75 bits per heavy atom. The van der Waals surface area contributed by atoms with Gasteiger partial charge < -0.3 is 4.42 Å². The van der Waals surface area contributed by atoms with Crippen molar-refractivity contribution in [1.82, 2.24) is 10.2 Å². The molecule has 20 heavy (non-hydrogen) atoms. The number of thioether (sulfide) groups is 1. The van der Waals surface area contributed by atoms with Crippen LogP contribution in [-0.4, -0.2) is 10.2 Å². The molecule has 3 nitrogen and oxygen atoms in total. The number of benzene rings is 1. The van der Waals surface area contributed by atoms with Crippen molar-refractivity contribution in [2.24, 2.45) is 0 Å². The monoisotopic (exact) mass is 352 g/mol. The predicted molar refractivity (Wildman–Crippen MR) is 83.8 cm³/mol. The van der Waals surface area contributed by atoms with Crippen molar-refractivity contribution in [3.05, 3.63) is 40.2 Å². The lowest BCUT2D eigenvalue weighted by atomic mass is 9.89. The highest BCUT2D eigenvalue weighted by molar-refractivity contribution is 9.10. The van der Waals surface area contributed by atoms with E-state index < -0.39 is 0 Å². The maximum absolute atomic E-state index is 5.81. The fourth-order valence-corrected chi connectivity index (χ4v) is 3.93. The Balaban J connectivity index is 1.61. The molecule has 5 heteroatoms. The Bertz CT molecular complexity index is 567. The third-order valence-electron chi connectivity index (χ3n) is 3.69. The summed E-state index contributed by atoms with van der Waals surface area (Å²) in [6.07, 6.45) is 6.29. The molecule has 0 amide bonds. The van der Waals surface area contributed by atoms with Crippen molar-refractivity contribution in [2.75, 3.05) is 0 Å². The largest absolute Gasteiger partial charge is 0.416 e. The quantitative estimate of drug-likeness (QED) is 0.711. The molecule has 0 saturated heterocycles. The van der Waals surface area contributed by atoms with Gasteiger partial charge in [0.15, 0.2) is 0 Å². The molecule has 1 fully saturated rings. The van der Waals surface area contributed by atoms with E-state index in [0.717, 1.165) is 16.1 Å². The van der Waals surface area contributed by atoms with Gasteiger partial charge in [0, 0.05) is 16.1 Å². The lowest BCUT2D eigenvalue weighted by Gasteiger charge is -2.17. The lowest BCUT2D eigenvalue weighted by molar-refractivity contribution is 0.334. The smallest absolute Gasteiger partial charge is 0.276 e. The van der Waals surface area contributed by atoms with Crippen molar-refractivity contribution in [3.8, 4) is 0 Å². The van der Waals surface area contributed by atoms with Gasteiger partial charge >= 0.3 is 0 Å². The highest BCUT2D eigenvalue weighted by atomic mass is 79.9. The van der Waals surface area contributed by atoms with Crippen molar-refractivity contribution in [2.45, 2.75) is 49.0 Å². The van der Waals surface area contributed by atoms with Gasteiger partial charge in [0.25, 0.3) is 5.22 Å². The van der Waals surface area contributed by atoms with Gasteiger partial charge in [-0.1, -0.05) is 65.2 Å². The van der Waals surface area contributed by atoms with Crippen LogP contribution in [0.3, 0.4) is 0 Å². The van der Waals surface area contributed by atoms with E-state index in [2.05, 4.69) is 38.3 Å². The Morgan fingerprint density at radius 1 is 1.15 bits per heavy atom. The minimum atomic E-state index is 0.481. The number of nitrogens with zero attached hydrogens (tertiary/aromatic N) is 2. The normalized spacial score (nSPS) is 16.4. The Labute approximate surface area is 131 Å². The molecule has 1 aromatic carbocycles. The minimum absolute atomic E-state index is 0.481. The first-order valence-electron chi connectivity index (χ1n) is 7.02. The molecular weight excluding hydrogens is 336 g/mol. The van der Waals surface area contributed by atoms with Gasteiger partial charge in [0.05, 0.1) is 0 Å². The van der Waals surface area contributed by atoms with Crippen LogP contribution in [0.2, 0.25) is 0 Å². The molecule has 106 valence electrons. The van der Waals surface area contributed by atoms with Crippen LogP contribution < -0.4 is 0 Å². The first-order valence-corrected chi connectivity index (χ1v) is 8.80. The van der Waals surface area contributed by atoms with Gasteiger partial charge in [0.2, 0.25) is 5.89 Å². The van der Waals surface area contributed by atoms with E-state index in [4.69, 9.17) is 4.42 Å². The van der Waals surface area contributed by atoms with Crippen molar-refractivity contribution in [1.29, 1.82) is 0 Å². The number of hydrogen-bond acceptors (Lipinski definition) is 4. The maximum Gasteiger partial charge on any atom is 0.276 e. The molecule has 0 atom stereocenters. The zero-order chi connectivity index (χ0) is 13.8. The fraction of sp³-hybridized carbons (Fsp3) is 0.467. The Morgan fingerprint density at radius 2 is 1.95 bits per heavy atom. The summed E-state index contributed by atoms with van der Waals surface area (Å²) in [6, 6.07) is 8.22. The number of aromatic nitrogens is 2. The topological polar surface area (TPSA) is 38.9 Å². The van der Waals surface area contributed by atoms with E-state index in [-0.39, 0.29) is 0 Å². The van der Waals surface area contributed by atoms with Crippen LogP contribution in [0.25, 0.3) is 0 Å². The third kappa shape index (κ3) is 3.44. The molecule has 3 rings (SSSR count). The zero-order valence-electron chi connectivity index (χ0n) is 11.2. The van der Waals surface area contributed by atoms with Crippen LogP contribution in [0.1, 0.15) is 49.5 Å². The molecule has 1 aliphatic carbocycles. The van der Waals surface area contributed by atoms with Gasteiger partial charge in [-0.15, -0.1) is 10.2 Å². The summed E-state index contributed by atoms with van der Waals surface area (Å²) in [5.74, 6) is 2.15. The summed E-state index contributed by atoms with van der Waals surface area (Å²) < 4.78 is 6.93. The first kappa shape index (κ1) is 14.1. The summed E-state index contributed by atoms with van der Waals surface area (Å²) in [6.45, 7) is 0. The highest BCUT2D eigenvalue weighted by Gasteiger charge is 2.21. The van der Waals surface area contributed by atoms with Crippen molar-refractivity contribution < 1.29 is 4.42 Å². The SMILES string of the molecule is Brc1ccccc1CSc1nnc(C2CCCCC2)o1. The summed E-state index contributed by atoms with van der Waals surface area (Å²) in [7, 11) is 0. The molecule has 1 aliphatic rings. The average Bonchev–Trinajstić information content (AvgIpc) is 2.96. The Kier molecular flexibility index (Phi) is 4.78. The molecule has 0 unspecified atom stereocenters. The fourth-order valence-electron chi connectivity index (χ4n) is 2.55. The Hall–Kier alpha value is -0.810. The van der Waals surface area contributed by atoms with Crippen LogP contribution in [0.4, 0.5) is 0 Å². The highest BCUT2D eigenvalue weighted by Crippen LogP contribution is 2.33. The molecule has 1 heterocycles. The standard InChI is InChI=1S/C15H17BrN2OS/c16-13-9-5-4-8-12(13)10-20-15-18-17-14(19-15)11-6-2-1-3-7-11/h4-5,8-9,11H,1-3,6-7,10H2. The van der Waals surface area contributed by atoms with E-state index in [1.54, 1.807) is 11.8 Å². The predicted octanol–water partition coefficient (Wildman–Crippen LogP) is 5.17. The van der Waals surface area contributed by atoms with Crippen LogP contribution in [0, 0.1) is 0 Å². The molecule has 2 aromatic rings. The molecule has 0 aliphatic heterocycles.